The van der Waals surface area contributed by atoms with Crippen LogP contribution in [0.25, 0.3) is 0 Å². The van der Waals surface area contributed by atoms with Crippen molar-refractivity contribution in [3.05, 3.63) is 84.4 Å². The minimum absolute atomic E-state index is 0.000468. The largest absolute Gasteiger partial charge is 0.455 e. The van der Waals surface area contributed by atoms with Crippen LogP contribution in [0.5, 0.6) is 11.5 Å². The van der Waals surface area contributed by atoms with E-state index < -0.39 is 15.9 Å². The number of sulfonamides is 1. The Bertz CT molecular complexity index is 1130. The predicted octanol–water partition coefficient (Wildman–Crippen LogP) is 4.17. The lowest BCUT2D eigenvalue weighted by Crippen LogP contribution is -2.26. The molecule has 0 spiro atoms. The molecule has 0 unspecified atom stereocenters. The number of rotatable bonds is 7. The second-order valence-electron chi connectivity index (χ2n) is 6.79. The summed E-state index contributed by atoms with van der Waals surface area (Å²) >= 11 is 0. The van der Waals surface area contributed by atoms with Crippen LogP contribution < -0.4 is 14.8 Å². The van der Waals surface area contributed by atoms with Crippen LogP contribution in [0.4, 0.5) is 5.69 Å². The molecule has 1 fully saturated rings. The normalized spacial score (nSPS) is 13.7. The number of hydrogen-bond acceptors (Lipinski definition) is 4. The summed E-state index contributed by atoms with van der Waals surface area (Å²) in [5, 5.41) is 2.80. The minimum Gasteiger partial charge on any atom is -0.455 e. The Morgan fingerprint density at radius 2 is 1.62 bits per heavy atom. The molecule has 29 heavy (non-hydrogen) atoms. The van der Waals surface area contributed by atoms with Crippen LogP contribution in [0.2, 0.25) is 0 Å². The fraction of sp³-hybridized carbons (Fsp3) is 0.136. The summed E-state index contributed by atoms with van der Waals surface area (Å²) in [6, 6.07) is 22.3. The smallest absolute Gasteiger partial charge is 0.255 e. The van der Waals surface area contributed by atoms with E-state index in [1.807, 2.05) is 36.4 Å². The molecule has 0 bridgehead atoms. The zero-order valence-corrected chi connectivity index (χ0v) is 16.4. The molecular weight excluding hydrogens is 388 g/mol. The fourth-order valence-corrected chi connectivity index (χ4v) is 4.11. The average molecular weight is 408 g/mol. The van der Waals surface area contributed by atoms with Crippen molar-refractivity contribution in [2.45, 2.75) is 23.8 Å². The fourth-order valence-electron chi connectivity index (χ4n) is 2.76. The van der Waals surface area contributed by atoms with Crippen molar-refractivity contribution in [1.29, 1.82) is 0 Å². The van der Waals surface area contributed by atoms with Gasteiger partial charge in [-0.15, -0.1) is 0 Å². The quantitative estimate of drug-likeness (QED) is 0.614. The van der Waals surface area contributed by atoms with Crippen molar-refractivity contribution in [2.75, 3.05) is 5.32 Å². The molecule has 0 radical (unpaired) electrons. The van der Waals surface area contributed by atoms with Crippen molar-refractivity contribution in [3.8, 4) is 11.5 Å². The second-order valence-corrected chi connectivity index (χ2v) is 8.50. The number of benzene rings is 3. The summed E-state index contributed by atoms with van der Waals surface area (Å²) < 4.78 is 33.3. The van der Waals surface area contributed by atoms with Crippen molar-refractivity contribution in [2.24, 2.45) is 0 Å². The van der Waals surface area contributed by atoms with Gasteiger partial charge >= 0.3 is 0 Å². The van der Waals surface area contributed by atoms with Crippen molar-refractivity contribution in [3.63, 3.8) is 0 Å². The third-order valence-electron chi connectivity index (χ3n) is 4.41. The molecule has 1 aliphatic carbocycles. The molecule has 0 saturated heterocycles. The van der Waals surface area contributed by atoms with Gasteiger partial charge in [-0.25, -0.2) is 13.1 Å². The van der Waals surface area contributed by atoms with Crippen LogP contribution in [0.15, 0.2) is 83.8 Å². The summed E-state index contributed by atoms with van der Waals surface area (Å²) in [5.41, 5.74) is 0.740. The Morgan fingerprint density at radius 1 is 0.897 bits per heavy atom. The number of hydrogen-bond donors (Lipinski definition) is 2. The molecule has 7 heteroatoms. The number of ether oxygens (including phenoxy) is 1. The van der Waals surface area contributed by atoms with E-state index in [-0.39, 0.29) is 16.5 Å². The number of carbonyl (C=O) groups is 1. The first kappa shape index (κ1) is 19.2. The molecule has 1 amide bonds. The van der Waals surface area contributed by atoms with Crippen LogP contribution in [-0.2, 0) is 10.0 Å². The molecule has 1 saturated carbocycles. The monoisotopic (exact) mass is 408 g/mol. The number of anilines is 1. The minimum atomic E-state index is -3.63. The molecule has 3 aromatic carbocycles. The van der Waals surface area contributed by atoms with Crippen molar-refractivity contribution >= 4 is 21.6 Å². The summed E-state index contributed by atoms with van der Waals surface area (Å²) in [4.78, 5) is 12.8. The summed E-state index contributed by atoms with van der Waals surface area (Å²) in [6.07, 6.45) is 1.69. The van der Waals surface area contributed by atoms with E-state index in [4.69, 9.17) is 4.74 Å². The summed E-state index contributed by atoms with van der Waals surface area (Å²) in [5.74, 6) is 0.720. The predicted molar refractivity (Wildman–Crippen MR) is 111 cm³/mol. The van der Waals surface area contributed by atoms with Gasteiger partial charge in [0.05, 0.1) is 10.6 Å². The maximum atomic E-state index is 12.8. The van der Waals surface area contributed by atoms with E-state index in [0.717, 1.165) is 12.8 Å². The van der Waals surface area contributed by atoms with E-state index in [9.17, 15) is 13.2 Å². The van der Waals surface area contributed by atoms with Gasteiger partial charge in [0.15, 0.2) is 5.75 Å². The molecule has 148 valence electrons. The molecule has 4 rings (SSSR count). The van der Waals surface area contributed by atoms with Crippen molar-refractivity contribution in [1.82, 2.24) is 4.72 Å². The van der Waals surface area contributed by atoms with Gasteiger partial charge in [-0.05, 0) is 55.3 Å². The van der Waals surface area contributed by atoms with E-state index in [2.05, 4.69) is 10.0 Å². The number of nitrogens with one attached hydrogen (secondary N) is 2. The highest BCUT2D eigenvalue weighted by atomic mass is 32.2. The Labute approximate surface area is 169 Å². The number of para-hydroxylation sites is 3. The topological polar surface area (TPSA) is 84.5 Å². The van der Waals surface area contributed by atoms with E-state index >= 15 is 0 Å². The Kier molecular flexibility index (Phi) is 5.33. The van der Waals surface area contributed by atoms with Crippen LogP contribution in [0.1, 0.15) is 23.2 Å². The van der Waals surface area contributed by atoms with Gasteiger partial charge in [0, 0.05) is 11.6 Å². The van der Waals surface area contributed by atoms with Gasteiger partial charge < -0.3 is 10.1 Å². The first-order chi connectivity index (χ1) is 14.0. The third kappa shape index (κ3) is 4.82. The first-order valence-corrected chi connectivity index (χ1v) is 10.8. The molecular formula is C22H20N2O4S. The summed E-state index contributed by atoms with van der Waals surface area (Å²) in [7, 11) is -3.63. The highest BCUT2D eigenvalue weighted by Crippen LogP contribution is 2.29. The lowest BCUT2D eigenvalue weighted by Gasteiger charge is -2.13. The molecule has 3 aromatic rings. The maximum Gasteiger partial charge on any atom is 0.255 e. The second kappa shape index (κ2) is 8.06. The van der Waals surface area contributed by atoms with Crippen LogP contribution >= 0.6 is 0 Å². The van der Waals surface area contributed by atoms with Crippen LogP contribution in [-0.4, -0.2) is 20.4 Å². The first-order valence-electron chi connectivity index (χ1n) is 9.27. The van der Waals surface area contributed by atoms with E-state index in [1.54, 1.807) is 30.3 Å². The van der Waals surface area contributed by atoms with Gasteiger partial charge in [0.1, 0.15) is 5.75 Å². The zero-order valence-electron chi connectivity index (χ0n) is 15.5. The highest BCUT2D eigenvalue weighted by molar-refractivity contribution is 7.89. The molecule has 6 nitrogen and oxygen atoms in total. The summed E-state index contributed by atoms with van der Waals surface area (Å²) in [6.45, 7) is 0. The van der Waals surface area contributed by atoms with Gasteiger partial charge in [-0.2, -0.15) is 0 Å². The molecule has 1 aliphatic rings. The van der Waals surface area contributed by atoms with Crippen molar-refractivity contribution < 1.29 is 17.9 Å². The average Bonchev–Trinajstić information content (AvgIpc) is 3.54. The molecule has 0 atom stereocenters. The zero-order chi connectivity index (χ0) is 20.3. The molecule has 0 aromatic heterocycles. The number of amides is 1. The van der Waals surface area contributed by atoms with Gasteiger partial charge in [-0.3, -0.25) is 4.79 Å². The van der Waals surface area contributed by atoms with Crippen LogP contribution in [0.3, 0.4) is 0 Å². The SMILES string of the molecule is O=C(Nc1ccccc1Oc1ccccc1)c1cccc(S(=O)(=O)NC2CC2)c1. The number of carbonyl (C=O) groups excluding carboxylic acids is 1. The lowest BCUT2D eigenvalue weighted by atomic mass is 10.2. The van der Waals surface area contributed by atoms with Gasteiger partial charge in [0.25, 0.3) is 5.91 Å². The molecule has 0 heterocycles. The van der Waals surface area contributed by atoms with E-state index in [1.165, 1.54) is 12.1 Å². The lowest BCUT2D eigenvalue weighted by molar-refractivity contribution is 0.102. The Morgan fingerprint density at radius 3 is 2.38 bits per heavy atom. The molecule has 2 N–H and O–H groups in total. The highest BCUT2D eigenvalue weighted by Gasteiger charge is 2.28. The van der Waals surface area contributed by atoms with Gasteiger partial charge in [0.2, 0.25) is 10.0 Å². The van der Waals surface area contributed by atoms with Crippen LogP contribution in [0, 0.1) is 0 Å². The standard InChI is InChI=1S/C22H20N2O4S/c25-22(16-7-6-10-19(15-16)29(26,27)24-17-13-14-17)23-20-11-4-5-12-21(20)28-18-8-2-1-3-9-18/h1-12,15,17,24H,13-14H2,(H,23,25). The molecule has 0 aliphatic heterocycles. The van der Waals surface area contributed by atoms with E-state index in [0.29, 0.717) is 17.2 Å². The third-order valence-corrected chi connectivity index (χ3v) is 5.93. The van der Waals surface area contributed by atoms with Gasteiger partial charge in [-0.1, -0.05) is 36.4 Å². The Balaban J connectivity index is 1.54. The Hall–Kier alpha value is -3.16. The maximum absolute atomic E-state index is 12.8.